The van der Waals surface area contributed by atoms with Gasteiger partial charge < -0.3 is 10.2 Å². The van der Waals surface area contributed by atoms with Gasteiger partial charge in [0.1, 0.15) is 11.4 Å². The number of aliphatic imine (C=N–C) groups is 1. The highest BCUT2D eigenvalue weighted by Gasteiger charge is 2.40. The molecular formula is C27H34F6N4O2S. The maximum absolute atomic E-state index is 13.5. The zero-order valence-electron chi connectivity index (χ0n) is 23.0. The molecule has 1 N–H and O–H groups in total. The van der Waals surface area contributed by atoms with Gasteiger partial charge in [0.05, 0.1) is 16.0 Å². The first-order valence-corrected chi connectivity index (χ1v) is 13.7. The molecule has 1 atom stereocenters. The van der Waals surface area contributed by atoms with Crippen LogP contribution >= 0.6 is 11.8 Å². The van der Waals surface area contributed by atoms with Gasteiger partial charge in [0, 0.05) is 20.6 Å². The van der Waals surface area contributed by atoms with Crippen molar-refractivity contribution in [2.45, 2.75) is 64.5 Å². The molecule has 2 aliphatic heterocycles. The number of carbonyl (C=O) groups excluding carboxylic acids is 2. The minimum atomic E-state index is -4.91. The van der Waals surface area contributed by atoms with Gasteiger partial charge in [-0.05, 0) is 80.6 Å². The summed E-state index contributed by atoms with van der Waals surface area (Å²) in [5.74, 6) is 0.371. The van der Waals surface area contributed by atoms with Crippen LogP contribution in [-0.2, 0) is 23.7 Å². The summed E-state index contributed by atoms with van der Waals surface area (Å²) < 4.78 is 79.6. The molecule has 1 fully saturated rings. The first kappa shape index (κ1) is 32.0. The van der Waals surface area contributed by atoms with Crippen LogP contribution in [0.4, 0.5) is 31.1 Å². The number of carbonyl (C=O) groups is 2. The molecule has 2 amide bonds. The van der Waals surface area contributed by atoms with E-state index in [0.29, 0.717) is 49.2 Å². The largest absolute Gasteiger partial charge is 0.416 e. The summed E-state index contributed by atoms with van der Waals surface area (Å²) in [4.78, 5) is 33.1. The van der Waals surface area contributed by atoms with Gasteiger partial charge in [-0.3, -0.25) is 14.5 Å². The van der Waals surface area contributed by atoms with Gasteiger partial charge in [-0.25, -0.2) is 0 Å². The summed E-state index contributed by atoms with van der Waals surface area (Å²) in [6.07, 6.45) is -6.20. The summed E-state index contributed by atoms with van der Waals surface area (Å²) in [5.41, 5.74) is -3.80. The van der Waals surface area contributed by atoms with Crippen LogP contribution < -0.4 is 5.32 Å². The molecular weight excluding hydrogens is 558 g/mol. The van der Waals surface area contributed by atoms with E-state index >= 15 is 0 Å². The molecule has 0 radical (unpaired) electrons. The lowest BCUT2D eigenvalue weighted by Crippen LogP contribution is -2.57. The Bertz CT molecular complexity index is 1170. The molecule has 0 bridgehead atoms. The predicted molar refractivity (Wildman–Crippen MR) is 143 cm³/mol. The highest BCUT2D eigenvalue weighted by molar-refractivity contribution is 8.18. The van der Waals surface area contributed by atoms with Gasteiger partial charge in [-0.1, -0.05) is 26.0 Å². The lowest BCUT2D eigenvalue weighted by molar-refractivity contribution is -0.143. The lowest BCUT2D eigenvalue weighted by atomic mass is 9.89. The van der Waals surface area contributed by atoms with Crippen LogP contribution in [0.1, 0.15) is 56.7 Å². The number of thioether (sulfide) groups is 1. The molecule has 3 rings (SSSR count). The maximum Gasteiger partial charge on any atom is 0.416 e. The summed E-state index contributed by atoms with van der Waals surface area (Å²) in [7, 11) is 3.32. The number of benzene rings is 1. The second-order valence-corrected chi connectivity index (χ2v) is 12.1. The van der Waals surface area contributed by atoms with E-state index < -0.39 is 34.3 Å². The minimum absolute atomic E-state index is 0.00671. The molecule has 2 heterocycles. The van der Waals surface area contributed by atoms with Crippen molar-refractivity contribution in [3.63, 3.8) is 0 Å². The number of amides is 2. The standard InChI is InChI=1S/C27H34F6N4O2S/c1-16(2)14-25(3,23(38)36(4)5)35-22-21(40-24(39)34-22)12-17-8-10-37(11-9-17)15-18-6-7-19(26(28,29)30)13-20(18)27(31,32)33/h6-7,12-13,16-17H,8-11,14-15H2,1-5H3,(H,34,35,39)/b21-12-/t25-/m0/s1. The van der Waals surface area contributed by atoms with Crippen molar-refractivity contribution in [3.8, 4) is 0 Å². The predicted octanol–water partition coefficient (Wildman–Crippen LogP) is 6.57. The number of piperidine rings is 1. The molecule has 2 aliphatic rings. The number of rotatable bonds is 7. The number of hydrogen-bond acceptors (Lipinski definition) is 5. The molecule has 0 spiro atoms. The number of allylic oxidation sites excluding steroid dienone is 1. The zero-order chi connectivity index (χ0) is 30.0. The van der Waals surface area contributed by atoms with Crippen molar-refractivity contribution in [3.05, 3.63) is 45.9 Å². The first-order chi connectivity index (χ1) is 18.4. The number of likely N-dealkylation sites (N-methyl/N-ethyl adjacent to an activating group) is 1. The molecule has 13 heteroatoms. The van der Waals surface area contributed by atoms with Gasteiger partial charge in [-0.15, -0.1) is 0 Å². The number of halogens is 6. The average Bonchev–Trinajstić information content (AvgIpc) is 3.15. The number of alkyl halides is 6. The molecule has 1 saturated heterocycles. The Balaban J connectivity index is 1.71. The summed E-state index contributed by atoms with van der Waals surface area (Å²) in [5, 5.41) is 2.80. The van der Waals surface area contributed by atoms with Crippen molar-refractivity contribution >= 4 is 28.7 Å². The normalized spacial score (nSPS) is 20.1. The SMILES string of the molecule is CC(C)C[C@](C)(NC1=NC(=O)S/C1=C\C1CCN(Cc2ccc(C(F)(F)F)cc2C(F)(F)F)CC1)C(=O)N(C)C. The summed E-state index contributed by atoms with van der Waals surface area (Å²) in [6, 6.07) is 1.75. The van der Waals surface area contributed by atoms with Crippen LogP contribution in [0.3, 0.4) is 0 Å². The highest BCUT2D eigenvalue weighted by atomic mass is 32.2. The zero-order valence-corrected chi connectivity index (χ0v) is 23.9. The lowest BCUT2D eigenvalue weighted by Gasteiger charge is -2.34. The van der Waals surface area contributed by atoms with Gasteiger partial charge in [-0.2, -0.15) is 31.3 Å². The Hall–Kier alpha value is -2.54. The fourth-order valence-corrected chi connectivity index (χ4v) is 5.94. The van der Waals surface area contributed by atoms with Gasteiger partial charge in [0.2, 0.25) is 5.91 Å². The van der Waals surface area contributed by atoms with Crippen molar-refractivity contribution in [1.82, 2.24) is 15.1 Å². The number of nitrogens with one attached hydrogen (secondary N) is 1. The monoisotopic (exact) mass is 592 g/mol. The fourth-order valence-electron chi connectivity index (χ4n) is 5.16. The van der Waals surface area contributed by atoms with Crippen molar-refractivity contribution < 1.29 is 35.9 Å². The molecule has 6 nitrogen and oxygen atoms in total. The van der Waals surface area contributed by atoms with Crippen LogP contribution in [0.5, 0.6) is 0 Å². The second-order valence-electron chi connectivity index (χ2n) is 11.1. The topological polar surface area (TPSA) is 65.0 Å². The van der Waals surface area contributed by atoms with Crippen molar-refractivity contribution in [2.24, 2.45) is 16.8 Å². The Morgan fingerprint density at radius 1 is 1.15 bits per heavy atom. The fraction of sp³-hybridized carbons (Fsp3) is 0.593. The van der Waals surface area contributed by atoms with Gasteiger partial charge >= 0.3 is 17.6 Å². The Kier molecular flexibility index (Phi) is 9.70. The number of nitrogens with zero attached hydrogens (tertiary/aromatic N) is 3. The van der Waals surface area contributed by atoms with Crippen LogP contribution in [0, 0.1) is 11.8 Å². The Morgan fingerprint density at radius 3 is 2.30 bits per heavy atom. The van der Waals surface area contributed by atoms with Crippen LogP contribution in [0.15, 0.2) is 34.2 Å². The van der Waals surface area contributed by atoms with Crippen LogP contribution in [0.25, 0.3) is 0 Å². The number of amidine groups is 1. The second kappa shape index (κ2) is 12.1. The molecule has 0 aromatic heterocycles. The third-order valence-electron chi connectivity index (χ3n) is 6.88. The maximum atomic E-state index is 13.5. The highest BCUT2D eigenvalue weighted by Crippen LogP contribution is 2.38. The van der Waals surface area contributed by atoms with E-state index in [0.717, 1.165) is 17.8 Å². The first-order valence-electron chi connectivity index (χ1n) is 12.9. The minimum Gasteiger partial charge on any atom is -0.355 e. The van der Waals surface area contributed by atoms with E-state index in [-0.39, 0.29) is 35.9 Å². The molecule has 0 saturated carbocycles. The van der Waals surface area contributed by atoms with E-state index in [9.17, 15) is 35.9 Å². The van der Waals surface area contributed by atoms with Crippen molar-refractivity contribution in [2.75, 3.05) is 27.2 Å². The van der Waals surface area contributed by atoms with Gasteiger partial charge in [0.25, 0.3) is 0 Å². The molecule has 0 unspecified atom stereocenters. The van der Waals surface area contributed by atoms with E-state index in [1.165, 1.54) is 4.90 Å². The Labute approximate surface area is 234 Å². The van der Waals surface area contributed by atoms with E-state index in [1.807, 2.05) is 19.9 Å². The summed E-state index contributed by atoms with van der Waals surface area (Å²) >= 11 is 0.959. The number of hydrogen-bond donors (Lipinski definition) is 1. The molecule has 222 valence electrons. The van der Waals surface area contributed by atoms with E-state index in [1.54, 1.807) is 25.9 Å². The van der Waals surface area contributed by atoms with Crippen LogP contribution in [-0.4, -0.2) is 59.5 Å². The molecule has 40 heavy (non-hydrogen) atoms. The van der Waals surface area contributed by atoms with Crippen molar-refractivity contribution in [1.29, 1.82) is 0 Å². The van der Waals surface area contributed by atoms with E-state index in [4.69, 9.17) is 0 Å². The van der Waals surface area contributed by atoms with E-state index in [2.05, 4.69) is 10.3 Å². The molecule has 0 aliphatic carbocycles. The smallest absolute Gasteiger partial charge is 0.355 e. The Morgan fingerprint density at radius 2 is 1.77 bits per heavy atom. The van der Waals surface area contributed by atoms with Gasteiger partial charge in [0.15, 0.2) is 0 Å². The number of likely N-dealkylation sites (tertiary alicyclic amines) is 1. The third kappa shape index (κ3) is 8.02. The molecule has 1 aromatic rings. The third-order valence-corrected chi connectivity index (χ3v) is 7.69. The van der Waals surface area contributed by atoms with Crippen LogP contribution in [0.2, 0.25) is 0 Å². The molecule has 1 aromatic carbocycles. The summed E-state index contributed by atoms with van der Waals surface area (Å²) in [6.45, 7) is 6.49. The quantitative estimate of drug-likeness (QED) is 0.363. The average molecular weight is 593 g/mol.